The highest BCUT2D eigenvalue weighted by molar-refractivity contribution is 6.09. The van der Waals surface area contributed by atoms with Crippen LogP contribution in [0.5, 0.6) is 11.5 Å². The number of allylic oxidation sites excluding steroid dienone is 3. The van der Waals surface area contributed by atoms with Crippen LogP contribution in [0, 0.1) is 12.3 Å². The monoisotopic (exact) mass is 445 g/mol. The summed E-state index contributed by atoms with van der Waals surface area (Å²) < 4.78 is 11.1. The molecule has 1 atom stereocenters. The predicted octanol–water partition coefficient (Wildman–Crippen LogP) is 4.36. The standard InChI is InChI=1S/C26H27N3O4/c1-14-6-5-7-21(27-14)29-25(31)22-15(2)28-17-11-26(3,4)12-18(30)24(17)23(22)16-8-9-19-20(10-16)33-13-32-19/h5-10,23,28H,11-13H2,1-4H3,(H,27,29,31). The van der Waals surface area contributed by atoms with Crippen molar-refractivity contribution in [2.45, 2.75) is 46.5 Å². The quantitative estimate of drug-likeness (QED) is 0.730. The third-order valence-electron chi connectivity index (χ3n) is 6.34. The summed E-state index contributed by atoms with van der Waals surface area (Å²) in [5, 5.41) is 6.31. The minimum atomic E-state index is -0.510. The van der Waals surface area contributed by atoms with E-state index in [1.54, 1.807) is 6.07 Å². The number of pyridine rings is 1. The fourth-order valence-electron chi connectivity index (χ4n) is 4.96. The Hall–Kier alpha value is -3.61. The summed E-state index contributed by atoms with van der Waals surface area (Å²) in [6.45, 7) is 8.10. The number of nitrogens with zero attached hydrogens (tertiary/aromatic N) is 1. The van der Waals surface area contributed by atoms with Crippen molar-refractivity contribution in [2.75, 3.05) is 12.1 Å². The molecule has 0 bridgehead atoms. The van der Waals surface area contributed by atoms with Crippen LogP contribution in [0.15, 0.2) is 58.9 Å². The van der Waals surface area contributed by atoms with Crippen LogP contribution in [0.4, 0.5) is 5.82 Å². The van der Waals surface area contributed by atoms with Gasteiger partial charge in [0.1, 0.15) is 5.82 Å². The highest BCUT2D eigenvalue weighted by Gasteiger charge is 2.43. The Kier molecular flexibility index (Phi) is 5.00. The summed E-state index contributed by atoms with van der Waals surface area (Å²) in [5.74, 6) is 1.01. The van der Waals surface area contributed by atoms with Crippen LogP contribution in [-0.2, 0) is 9.59 Å². The Labute approximate surface area is 192 Å². The molecule has 0 saturated heterocycles. The molecule has 33 heavy (non-hydrogen) atoms. The van der Waals surface area contributed by atoms with Crippen molar-refractivity contribution >= 4 is 17.5 Å². The van der Waals surface area contributed by atoms with E-state index < -0.39 is 5.92 Å². The molecular weight excluding hydrogens is 418 g/mol. The molecule has 0 spiro atoms. The number of fused-ring (bicyclic) bond motifs is 1. The maximum atomic E-state index is 13.6. The van der Waals surface area contributed by atoms with Crippen LogP contribution in [0.3, 0.4) is 0 Å². The normalized spacial score (nSPS) is 21.0. The lowest BCUT2D eigenvalue weighted by molar-refractivity contribution is -0.118. The number of hydrogen-bond acceptors (Lipinski definition) is 6. The molecule has 2 aliphatic heterocycles. The Bertz CT molecular complexity index is 1240. The highest BCUT2D eigenvalue weighted by Crippen LogP contribution is 2.48. The number of carbonyl (C=O) groups excluding carboxylic acids is 2. The number of rotatable bonds is 3. The smallest absolute Gasteiger partial charge is 0.255 e. The van der Waals surface area contributed by atoms with E-state index in [-0.39, 0.29) is 23.9 Å². The fraction of sp³-hybridized carbons (Fsp3) is 0.346. The first-order valence-corrected chi connectivity index (χ1v) is 11.1. The minimum Gasteiger partial charge on any atom is -0.454 e. The number of carbonyl (C=O) groups is 2. The van der Waals surface area contributed by atoms with Gasteiger partial charge in [0.15, 0.2) is 17.3 Å². The van der Waals surface area contributed by atoms with Crippen LogP contribution in [0.25, 0.3) is 0 Å². The van der Waals surface area contributed by atoms with Gasteiger partial charge in [-0.1, -0.05) is 26.0 Å². The molecule has 5 rings (SSSR count). The Morgan fingerprint density at radius 2 is 1.91 bits per heavy atom. The number of benzene rings is 1. The number of ketones is 1. The molecule has 3 heterocycles. The molecule has 7 nitrogen and oxygen atoms in total. The first kappa shape index (κ1) is 21.2. The zero-order chi connectivity index (χ0) is 23.3. The third-order valence-corrected chi connectivity index (χ3v) is 6.34. The van der Waals surface area contributed by atoms with Crippen LogP contribution >= 0.6 is 0 Å². The first-order valence-electron chi connectivity index (χ1n) is 11.1. The van der Waals surface area contributed by atoms with Crippen molar-refractivity contribution in [3.05, 3.63) is 70.2 Å². The summed E-state index contributed by atoms with van der Waals surface area (Å²) in [6.07, 6.45) is 1.17. The lowest BCUT2D eigenvalue weighted by atomic mass is 9.68. The number of nitrogens with one attached hydrogen (secondary N) is 2. The molecule has 170 valence electrons. The van der Waals surface area contributed by atoms with Crippen molar-refractivity contribution in [3.63, 3.8) is 0 Å². The highest BCUT2D eigenvalue weighted by atomic mass is 16.7. The number of hydrogen-bond donors (Lipinski definition) is 2. The number of anilines is 1. The topological polar surface area (TPSA) is 89.6 Å². The van der Waals surface area contributed by atoms with Gasteiger partial charge in [0.25, 0.3) is 5.91 Å². The Balaban J connectivity index is 1.61. The lowest BCUT2D eigenvalue weighted by Crippen LogP contribution is -2.39. The molecule has 1 aromatic heterocycles. The van der Waals surface area contributed by atoms with E-state index in [0.29, 0.717) is 34.9 Å². The number of aryl methyl sites for hydroxylation is 1. The van der Waals surface area contributed by atoms with Crippen LogP contribution < -0.4 is 20.1 Å². The summed E-state index contributed by atoms with van der Waals surface area (Å²) in [4.78, 5) is 31.4. The lowest BCUT2D eigenvalue weighted by Gasteiger charge is -2.39. The van der Waals surface area contributed by atoms with Gasteiger partial charge in [0.05, 0.1) is 0 Å². The SMILES string of the molecule is CC1=C(C(=O)Nc2cccc(C)n2)C(c2ccc3c(c2)OCO3)C2=C(CC(C)(C)CC2=O)N1. The average molecular weight is 446 g/mol. The predicted molar refractivity (Wildman–Crippen MR) is 124 cm³/mol. The van der Waals surface area contributed by atoms with Gasteiger partial charge in [-0.3, -0.25) is 9.59 Å². The minimum absolute atomic E-state index is 0.0582. The molecular formula is C26H27N3O4. The van der Waals surface area contributed by atoms with E-state index in [1.165, 1.54) is 0 Å². The van der Waals surface area contributed by atoms with E-state index in [4.69, 9.17) is 9.47 Å². The number of amides is 1. The second kappa shape index (κ2) is 7.76. The van der Waals surface area contributed by atoms with Crippen LogP contribution in [0.1, 0.15) is 50.8 Å². The zero-order valence-electron chi connectivity index (χ0n) is 19.2. The molecule has 3 aliphatic rings. The van der Waals surface area contributed by atoms with Gasteiger partial charge in [0, 0.05) is 40.6 Å². The van der Waals surface area contributed by atoms with Gasteiger partial charge >= 0.3 is 0 Å². The maximum Gasteiger partial charge on any atom is 0.255 e. The Morgan fingerprint density at radius 1 is 1.12 bits per heavy atom. The molecule has 0 saturated carbocycles. The molecule has 0 fully saturated rings. The number of ether oxygens (including phenoxy) is 2. The summed E-state index contributed by atoms with van der Waals surface area (Å²) >= 11 is 0. The fourth-order valence-corrected chi connectivity index (χ4v) is 4.96. The molecule has 1 aliphatic carbocycles. The largest absolute Gasteiger partial charge is 0.454 e. The second-order valence-electron chi connectivity index (χ2n) is 9.66. The summed E-state index contributed by atoms with van der Waals surface area (Å²) in [5.41, 5.74) is 4.26. The van der Waals surface area contributed by atoms with E-state index in [0.717, 1.165) is 29.1 Å². The van der Waals surface area contributed by atoms with Gasteiger partial charge in [-0.25, -0.2) is 4.98 Å². The number of aromatic nitrogens is 1. The zero-order valence-corrected chi connectivity index (χ0v) is 19.2. The number of dihydropyridines is 1. The first-order chi connectivity index (χ1) is 15.7. The summed E-state index contributed by atoms with van der Waals surface area (Å²) in [6, 6.07) is 11.1. The van der Waals surface area contributed by atoms with Crippen molar-refractivity contribution in [3.8, 4) is 11.5 Å². The van der Waals surface area contributed by atoms with Gasteiger partial charge in [-0.2, -0.15) is 0 Å². The van der Waals surface area contributed by atoms with Crippen molar-refractivity contribution in [1.82, 2.24) is 10.3 Å². The number of Topliss-reactive ketones (excluding diaryl/α,β-unsaturated/α-hetero) is 1. The van der Waals surface area contributed by atoms with E-state index in [9.17, 15) is 9.59 Å². The van der Waals surface area contributed by atoms with Gasteiger partial charge in [-0.05, 0) is 55.5 Å². The van der Waals surface area contributed by atoms with Crippen molar-refractivity contribution < 1.29 is 19.1 Å². The van der Waals surface area contributed by atoms with Crippen LogP contribution in [0.2, 0.25) is 0 Å². The van der Waals surface area contributed by atoms with Crippen LogP contribution in [-0.4, -0.2) is 23.5 Å². The molecule has 0 radical (unpaired) electrons. The van der Waals surface area contributed by atoms with Crippen molar-refractivity contribution in [1.29, 1.82) is 0 Å². The second-order valence-corrected chi connectivity index (χ2v) is 9.66. The molecule has 2 aromatic rings. The molecule has 1 aromatic carbocycles. The molecule has 1 unspecified atom stereocenters. The van der Waals surface area contributed by atoms with Gasteiger partial charge in [-0.15, -0.1) is 0 Å². The molecule has 2 N–H and O–H groups in total. The van der Waals surface area contributed by atoms with Gasteiger partial charge in [0.2, 0.25) is 6.79 Å². The molecule has 1 amide bonds. The third kappa shape index (κ3) is 3.88. The van der Waals surface area contributed by atoms with Crippen molar-refractivity contribution in [2.24, 2.45) is 5.41 Å². The maximum absolute atomic E-state index is 13.6. The van der Waals surface area contributed by atoms with E-state index in [1.807, 2.05) is 44.2 Å². The van der Waals surface area contributed by atoms with E-state index >= 15 is 0 Å². The average Bonchev–Trinajstić information content (AvgIpc) is 3.19. The van der Waals surface area contributed by atoms with Gasteiger partial charge < -0.3 is 20.1 Å². The summed E-state index contributed by atoms with van der Waals surface area (Å²) in [7, 11) is 0. The molecule has 7 heteroatoms. The van der Waals surface area contributed by atoms with E-state index in [2.05, 4.69) is 29.5 Å². The Morgan fingerprint density at radius 3 is 2.70 bits per heavy atom.